The van der Waals surface area contributed by atoms with Crippen LogP contribution in [0, 0.1) is 0 Å². The summed E-state index contributed by atoms with van der Waals surface area (Å²) in [7, 11) is 0. The topological polar surface area (TPSA) is 21.3 Å². The zero-order chi connectivity index (χ0) is 18.5. The third kappa shape index (κ3) is 4.49. The second-order valence-electron chi connectivity index (χ2n) is 4.75. The number of benzene rings is 2. The van der Waals surface area contributed by atoms with E-state index >= 15 is 0 Å². The van der Waals surface area contributed by atoms with Crippen LogP contribution in [0.25, 0.3) is 0 Å². The van der Waals surface area contributed by atoms with E-state index in [1.807, 2.05) is 30.3 Å². The summed E-state index contributed by atoms with van der Waals surface area (Å²) in [5.74, 6) is 0.288. The molecule has 22 heavy (non-hydrogen) atoms. The molecule has 2 nitrogen and oxygen atoms in total. The van der Waals surface area contributed by atoms with Gasteiger partial charge in [0.25, 0.3) is 0 Å². The zero-order valence-corrected chi connectivity index (χ0v) is 11.7. The van der Waals surface area contributed by atoms with E-state index in [0.717, 1.165) is 17.7 Å². The number of halogens is 3. The maximum Gasteiger partial charge on any atom is 0.416 e. The predicted octanol–water partition coefficient (Wildman–Crippen LogP) is 4.44. The maximum absolute atomic E-state index is 12.6. The Hall–Kier alpha value is -2.01. The molecule has 0 aliphatic heterocycles. The minimum Gasteiger partial charge on any atom is -0.486 e. The average molecular weight is 312 g/mol. The summed E-state index contributed by atoms with van der Waals surface area (Å²) in [6.07, 6.45) is -4.53. The lowest BCUT2D eigenvalue weighted by Gasteiger charge is -2.20. The number of rotatable bonds is 6. The normalized spacial score (nSPS) is 15.5. The Labute approximate surface area is 132 Å². The molecule has 5 heteroatoms. The van der Waals surface area contributed by atoms with Crippen molar-refractivity contribution in [1.29, 1.82) is 0 Å². The van der Waals surface area contributed by atoms with Crippen LogP contribution in [0.3, 0.4) is 0 Å². The Bertz CT molecular complexity index is 658. The smallest absolute Gasteiger partial charge is 0.416 e. The number of alkyl halides is 3. The largest absolute Gasteiger partial charge is 0.486 e. The van der Waals surface area contributed by atoms with Gasteiger partial charge in [-0.1, -0.05) is 30.3 Å². The first-order valence-corrected chi connectivity index (χ1v) is 6.79. The molecule has 0 saturated carbocycles. The Balaban J connectivity index is 2.10. The van der Waals surface area contributed by atoms with Crippen molar-refractivity contribution in [1.82, 2.24) is 5.32 Å². The molecule has 0 spiro atoms. The van der Waals surface area contributed by atoms with Gasteiger partial charge in [0.15, 0.2) is 0 Å². The number of hydrogen-bond donors (Lipinski definition) is 1. The molecule has 0 heterocycles. The molecule has 2 aromatic rings. The molecule has 0 aliphatic rings. The van der Waals surface area contributed by atoms with E-state index in [9.17, 15) is 13.2 Å². The Morgan fingerprint density at radius 1 is 1.09 bits per heavy atom. The van der Waals surface area contributed by atoms with Crippen molar-refractivity contribution in [3.8, 4) is 5.75 Å². The second-order valence-corrected chi connectivity index (χ2v) is 4.75. The molecule has 2 rings (SSSR count). The molecule has 0 radical (unpaired) electrons. The molecule has 0 aromatic heterocycles. The molecule has 0 saturated heterocycles. The van der Waals surface area contributed by atoms with Crippen LogP contribution in [0.5, 0.6) is 5.75 Å². The van der Waals surface area contributed by atoms with Crippen LogP contribution in [0.2, 0.25) is 0 Å². The number of hydrogen-bond acceptors (Lipinski definition) is 2. The SMILES string of the molecule is [2H]C([2H])([2H])NCC[C@H](Oc1ccc(C(F)(F)F)cc1)c1ccccc1. The van der Waals surface area contributed by atoms with E-state index in [-0.39, 0.29) is 12.3 Å². The van der Waals surface area contributed by atoms with Crippen LogP contribution in [0.15, 0.2) is 54.6 Å². The highest BCUT2D eigenvalue weighted by molar-refractivity contribution is 5.30. The molecular weight excluding hydrogens is 291 g/mol. The summed E-state index contributed by atoms with van der Waals surface area (Å²) in [5.41, 5.74) is 0.0647. The van der Waals surface area contributed by atoms with Crippen molar-refractivity contribution < 1.29 is 22.0 Å². The minimum absolute atomic E-state index is 0.177. The van der Waals surface area contributed by atoms with E-state index in [4.69, 9.17) is 8.85 Å². The van der Waals surface area contributed by atoms with E-state index in [0.29, 0.717) is 6.42 Å². The average Bonchev–Trinajstić information content (AvgIpc) is 2.53. The molecule has 0 bridgehead atoms. The summed E-state index contributed by atoms with van der Waals surface area (Å²) in [5, 5.41) is 2.41. The fraction of sp³-hybridized carbons (Fsp3) is 0.294. The van der Waals surface area contributed by atoms with Crippen molar-refractivity contribution in [2.24, 2.45) is 0 Å². The Morgan fingerprint density at radius 2 is 1.77 bits per heavy atom. The quantitative estimate of drug-likeness (QED) is 0.851. The van der Waals surface area contributed by atoms with Crippen molar-refractivity contribution >= 4 is 0 Å². The standard InChI is InChI=1S/C17H18F3NO/c1-21-12-11-16(13-5-3-2-4-6-13)22-15-9-7-14(8-10-15)17(18,19)20/h2-10,16,21H,11-12H2,1H3/t16-/m0/s1/i1D3. The molecule has 0 aliphatic carbocycles. The third-order valence-corrected chi connectivity index (χ3v) is 3.16. The lowest BCUT2D eigenvalue weighted by molar-refractivity contribution is -0.137. The van der Waals surface area contributed by atoms with Crippen molar-refractivity contribution in [2.75, 3.05) is 13.5 Å². The molecule has 1 N–H and O–H groups in total. The first-order valence-electron chi connectivity index (χ1n) is 8.29. The molecule has 0 unspecified atom stereocenters. The van der Waals surface area contributed by atoms with Crippen LogP contribution in [0.4, 0.5) is 13.2 Å². The fourth-order valence-electron chi connectivity index (χ4n) is 2.05. The van der Waals surface area contributed by atoms with Crippen LogP contribution < -0.4 is 10.1 Å². The highest BCUT2D eigenvalue weighted by Crippen LogP contribution is 2.31. The van der Waals surface area contributed by atoms with Gasteiger partial charge >= 0.3 is 6.18 Å². The van der Waals surface area contributed by atoms with Gasteiger partial charge in [0, 0.05) is 10.5 Å². The van der Waals surface area contributed by atoms with Gasteiger partial charge in [-0.05, 0) is 43.3 Å². The van der Waals surface area contributed by atoms with Crippen LogP contribution in [0.1, 0.15) is 27.8 Å². The number of nitrogens with one attached hydrogen (secondary N) is 1. The first kappa shape index (κ1) is 12.5. The monoisotopic (exact) mass is 312 g/mol. The third-order valence-electron chi connectivity index (χ3n) is 3.16. The molecule has 0 fully saturated rings. The summed E-state index contributed by atoms with van der Waals surface area (Å²) in [6.45, 7) is -2.08. The van der Waals surface area contributed by atoms with Crippen molar-refractivity contribution in [2.45, 2.75) is 18.7 Å². The van der Waals surface area contributed by atoms with Gasteiger partial charge in [-0.25, -0.2) is 0 Å². The summed E-state index contributed by atoms with van der Waals surface area (Å²) < 4.78 is 65.1. The van der Waals surface area contributed by atoms with Gasteiger partial charge in [-0.2, -0.15) is 13.2 Å². The maximum atomic E-state index is 12.6. The van der Waals surface area contributed by atoms with Gasteiger partial charge < -0.3 is 10.1 Å². The Kier molecular flexibility index (Phi) is 4.16. The molecule has 2 aromatic carbocycles. The van der Waals surface area contributed by atoms with Crippen molar-refractivity contribution in [3.05, 3.63) is 65.7 Å². The summed E-state index contributed by atoms with van der Waals surface area (Å²) in [4.78, 5) is 0. The molecule has 0 amide bonds. The second kappa shape index (κ2) is 7.31. The lowest BCUT2D eigenvalue weighted by atomic mass is 10.1. The molecule has 118 valence electrons. The Morgan fingerprint density at radius 3 is 2.36 bits per heavy atom. The lowest BCUT2D eigenvalue weighted by Crippen LogP contribution is -2.16. The van der Waals surface area contributed by atoms with E-state index in [1.54, 1.807) is 0 Å². The van der Waals surface area contributed by atoms with Gasteiger partial charge in [-0.15, -0.1) is 0 Å². The molecule has 1 atom stereocenters. The van der Waals surface area contributed by atoms with E-state index in [1.165, 1.54) is 12.1 Å². The van der Waals surface area contributed by atoms with E-state index < -0.39 is 24.8 Å². The van der Waals surface area contributed by atoms with E-state index in [2.05, 4.69) is 5.32 Å². The van der Waals surface area contributed by atoms with Gasteiger partial charge in [-0.3, -0.25) is 0 Å². The zero-order valence-electron chi connectivity index (χ0n) is 14.7. The number of ether oxygens (including phenoxy) is 1. The highest BCUT2D eigenvalue weighted by Gasteiger charge is 2.30. The van der Waals surface area contributed by atoms with Crippen LogP contribution in [-0.4, -0.2) is 13.5 Å². The summed E-state index contributed by atoms with van der Waals surface area (Å²) >= 11 is 0. The highest BCUT2D eigenvalue weighted by atomic mass is 19.4. The van der Waals surface area contributed by atoms with Gasteiger partial charge in [0.1, 0.15) is 11.9 Å². The first-order chi connectivity index (χ1) is 11.6. The predicted molar refractivity (Wildman–Crippen MR) is 79.8 cm³/mol. The van der Waals surface area contributed by atoms with Gasteiger partial charge in [0.2, 0.25) is 0 Å². The molecular formula is C17H18F3NO. The van der Waals surface area contributed by atoms with Gasteiger partial charge in [0.05, 0.1) is 5.56 Å². The minimum atomic E-state index is -4.40. The van der Waals surface area contributed by atoms with Crippen LogP contribution in [-0.2, 0) is 6.18 Å². The summed E-state index contributed by atoms with van der Waals surface area (Å²) in [6, 6.07) is 13.5. The van der Waals surface area contributed by atoms with Crippen LogP contribution >= 0.6 is 0 Å². The van der Waals surface area contributed by atoms with Crippen molar-refractivity contribution in [3.63, 3.8) is 0 Å². The fourth-order valence-corrected chi connectivity index (χ4v) is 2.05.